The number of benzene rings is 1. The SMILES string of the molecule is CCCC(CC)CCC(C)[CH2][Al-]([CH2]C(C)CCC(CC)CCC)([CH2]C(C)CCC(CC)CCC)[CH2]C(C)CCC(CC)CCC.CCCCCCCCC[NH+](CCC(CC)CCCC)c1ccc(F)cc1F. The Balaban J connectivity index is 0.00000158. The predicted molar refractivity (Wildman–Crippen MR) is 326 cm³/mol. The zero-order valence-corrected chi connectivity index (χ0v) is 53.3. The average molecular weight is 1030 g/mol. The van der Waals surface area contributed by atoms with Crippen molar-refractivity contribution in [3.8, 4) is 0 Å². The minimum absolute atomic E-state index is 0.394. The van der Waals surface area contributed by atoms with Gasteiger partial charge in [-0.3, -0.25) is 4.90 Å². The Kier molecular flexibility index (Phi) is 46.4. The van der Waals surface area contributed by atoms with Gasteiger partial charge in [0.2, 0.25) is 0 Å². The van der Waals surface area contributed by atoms with Gasteiger partial charge in [0.15, 0.2) is 11.5 Å². The molecule has 0 saturated carbocycles. The summed E-state index contributed by atoms with van der Waals surface area (Å²) < 4.78 is 27.7. The molecule has 1 nitrogen and oxygen atoms in total. The van der Waals surface area contributed by atoms with E-state index in [0.717, 1.165) is 85.3 Å². The molecule has 0 aliphatic rings. The highest BCUT2D eigenvalue weighted by Crippen LogP contribution is 2.43. The van der Waals surface area contributed by atoms with Crippen molar-refractivity contribution < 1.29 is 13.7 Å². The second-order valence-electron chi connectivity index (χ2n) is 25.7. The van der Waals surface area contributed by atoms with Gasteiger partial charge < -0.3 is 0 Å². The largest absolute Gasteiger partial charge is 0.300 e. The maximum absolute atomic E-state index is 14.4. The quantitative estimate of drug-likeness (QED) is 0.0490. The zero-order chi connectivity index (χ0) is 54.0. The number of nitrogens with one attached hydrogen (secondary N) is 1. The van der Waals surface area contributed by atoms with Gasteiger partial charge in [0.05, 0.1) is 13.1 Å². The molecule has 0 aliphatic heterocycles. The number of hydrogen-bond acceptors (Lipinski definition) is 0. The van der Waals surface area contributed by atoms with Crippen molar-refractivity contribution in [2.45, 2.75) is 330 Å². The fourth-order valence-electron chi connectivity index (χ4n) is 14.3. The van der Waals surface area contributed by atoms with Crippen LogP contribution < -0.4 is 4.90 Å². The van der Waals surface area contributed by atoms with E-state index in [1.165, 1.54) is 204 Å². The molecule has 0 radical (unpaired) electrons. The fourth-order valence-corrected chi connectivity index (χ4v) is 23.2. The van der Waals surface area contributed by atoms with E-state index < -0.39 is 24.7 Å². The second kappa shape index (κ2) is 46.6. The minimum Gasteiger partial charge on any atom is -0.300 e. The normalized spacial score (nSPS) is 17.0. The van der Waals surface area contributed by atoms with E-state index in [1.54, 1.807) is 27.2 Å². The number of halogens is 2. The first kappa shape index (κ1) is 71.6. The van der Waals surface area contributed by atoms with E-state index in [0.29, 0.717) is 5.69 Å². The van der Waals surface area contributed by atoms with Crippen LogP contribution in [0.25, 0.3) is 0 Å². The van der Waals surface area contributed by atoms with Crippen LogP contribution in [0.15, 0.2) is 18.2 Å². The Morgan fingerprint density at radius 2 is 0.708 bits per heavy atom. The first-order chi connectivity index (χ1) is 34.7. The number of unbranched alkanes of at least 4 members (excludes halogenated alkanes) is 7. The van der Waals surface area contributed by atoms with Gasteiger partial charge >= 0.3 is 0 Å². The van der Waals surface area contributed by atoms with Gasteiger partial charge in [0, 0.05) is 12.1 Å². The van der Waals surface area contributed by atoms with E-state index >= 15 is 0 Å². The van der Waals surface area contributed by atoms with E-state index in [9.17, 15) is 8.78 Å². The third kappa shape index (κ3) is 35.1. The molecule has 4 heteroatoms. The molecule has 1 N–H and O–H groups in total. The van der Waals surface area contributed by atoms with Gasteiger partial charge in [-0.05, 0) is 54.9 Å². The molecule has 0 heterocycles. The molecular formula is C68H134AlF2N. The Labute approximate surface area is 456 Å². The van der Waals surface area contributed by atoms with Crippen LogP contribution in [0.2, 0.25) is 21.1 Å². The lowest BCUT2D eigenvalue weighted by molar-refractivity contribution is -0.835. The maximum Gasteiger partial charge on any atom is 0.186 e. The van der Waals surface area contributed by atoms with Gasteiger partial charge in [-0.15, -0.1) is 0 Å². The molecule has 0 aliphatic carbocycles. The molecule has 10 unspecified atom stereocenters. The monoisotopic (exact) mass is 1030 g/mol. The summed E-state index contributed by atoms with van der Waals surface area (Å²) in [5.74, 6) is 7.43. The standard InChI is InChI=1S/C24H41F2N.4C11H23.Al/c1-4-7-9-10-11-12-13-18-27(19-17-21(6-3)14-8-5-2)24-16-15-22(25)20-23(24)26;4*1-5-7-11(6-2)9-8-10(3)4;/h15-16,20-21H,4-14,17-19H2,1-3H3;4*10-11H,3,5-9H2,1-2,4H3;/q;;;;;-1/p+1. The molecule has 0 fully saturated rings. The lowest BCUT2D eigenvalue weighted by Gasteiger charge is -2.45. The van der Waals surface area contributed by atoms with Crippen molar-refractivity contribution in [1.29, 1.82) is 0 Å². The van der Waals surface area contributed by atoms with Gasteiger partial charge in [0.1, 0.15) is 18.9 Å². The van der Waals surface area contributed by atoms with Gasteiger partial charge in [0.25, 0.3) is 0 Å². The summed E-state index contributed by atoms with van der Waals surface area (Å²) in [6, 6.07) is 4.08. The third-order valence-electron chi connectivity index (χ3n) is 18.8. The van der Waals surface area contributed by atoms with Gasteiger partial charge in [-0.25, -0.2) is 8.78 Å². The second-order valence-corrected chi connectivity index (χ2v) is 31.1. The summed E-state index contributed by atoms with van der Waals surface area (Å²) in [6.45, 7) is 38.8. The highest BCUT2D eigenvalue weighted by Gasteiger charge is 2.35. The van der Waals surface area contributed by atoms with E-state index in [-0.39, 0.29) is 0 Å². The van der Waals surface area contributed by atoms with Crippen LogP contribution in [0.3, 0.4) is 0 Å². The average Bonchev–Trinajstić information content (AvgIpc) is 3.35. The molecule has 1 rings (SSSR count). The summed E-state index contributed by atoms with van der Waals surface area (Å²) in [7, 11) is 0. The van der Waals surface area contributed by atoms with E-state index in [2.05, 4.69) is 104 Å². The lowest BCUT2D eigenvalue weighted by Crippen LogP contribution is -3.07. The Morgan fingerprint density at radius 1 is 0.361 bits per heavy atom. The molecule has 0 amide bonds. The summed E-state index contributed by atoms with van der Waals surface area (Å²) in [4.78, 5) is 1.19. The fraction of sp³-hybridized carbons (Fsp3) is 0.912. The van der Waals surface area contributed by atoms with Crippen LogP contribution in [-0.4, -0.2) is 26.2 Å². The highest BCUT2D eigenvalue weighted by atomic mass is 27.2. The van der Waals surface area contributed by atoms with Crippen molar-refractivity contribution in [3.05, 3.63) is 29.8 Å². The van der Waals surface area contributed by atoms with Crippen molar-refractivity contribution >= 4 is 18.8 Å². The number of quaternary nitrogens is 1. The Bertz CT molecular complexity index is 1210. The first-order valence-corrected chi connectivity index (χ1v) is 36.4. The van der Waals surface area contributed by atoms with Crippen LogP contribution in [0.1, 0.15) is 309 Å². The number of hydrogen-bond donors (Lipinski definition) is 1. The van der Waals surface area contributed by atoms with E-state index in [1.807, 2.05) is 0 Å². The summed E-state index contributed by atoms with van der Waals surface area (Å²) >= 11 is -1.85. The summed E-state index contributed by atoms with van der Waals surface area (Å²) in [6.07, 6.45) is 43.7. The molecule has 0 spiro atoms. The molecule has 1 aromatic rings. The first-order valence-electron chi connectivity index (χ1n) is 33.2. The smallest absolute Gasteiger partial charge is 0.186 e. The van der Waals surface area contributed by atoms with Crippen molar-refractivity contribution in [1.82, 2.24) is 0 Å². The van der Waals surface area contributed by atoms with Crippen LogP contribution in [0, 0.1) is 64.9 Å². The van der Waals surface area contributed by atoms with Crippen molar-refractivity contribution in [3.63, 3.8) is 0 Å². The zero-order valence-electron chi connectivity index (χ0n) is 52.1. The van der Waals surface area contributed by atoms with Crippen LogP contribution in [0.5, 0.6) is 0 Å². The van der Waals surface area contributed by atoms with Gasteiger partial charge in [-0.1, -0.05) is 314 Å². The topological polar surface area (TPSA) is 4.44 Å². The van der Waals surface area contributed by atoms with Crippen LogP contribution in [-0.2, 0) is 0 Å². The molecule has 428 valence electrons. The molecule has 1 aromatic carbocycles. The minimum atomic E-state index is -1.85. The Hall–Kier alpha value is -0.428. The third-order valence-corrected chi connectivity index (χ3v) is 26.0. The van der Waals surface area contributed by atoms with Crippen molar-refractivity contribution in [2.24, 2.45) is 53.3 Å². The highest BCUT2D eigenvalue weighted by molar-refractivity contribution is 6.80. The lowest BCUT2D eigenvalue weighted by atomic mass is 9.92. The molecule has 0 bridgehead atoms. The summed E-state index contributed by atoms with van der Waals surface area (Å²) in [5, 5.41) is 6.61. The maximum atomic E-state index is 14.4. The molecule has 0 aromatic heterocycles. The van der Waals surface area contributed by atoms with E-state index in [4.69, 9.17) is 0 Å². The van der Waals surface area contributed by atoms with Crippen LogP contribution in [0.4, 0.5) is 14.5 Å². The van der Waals surface area contributed by atoms with Crippen LogP contribution >= 0.6 is 0 Å². The van der Waals surface area contributed by atoms with Gasteiger partial charge in [-0.2, -0.15) is 21.1 Å². The predicted octanol–water partition coefficient (Wildman–Crippen LogP) is 23.2. The van der Waals surface area contributed by atoms with Crippen molar-refractivity contribution in [2.75, 3.05) is 13.1 Å². The molecule has 72 heavy (non-hydrogen) atoms. The Morgan fingerprint density at radius 3 is 1.04 bits per heavy atom. The molecule has 10 atom stereocenters. The molecule has 0 saturated heterocycles. The number of rotatable bonds is 48. The summed E-state index contributed by atoms with van der Waals surface area (Å²) in [5.41, 5.74) is 0.646. The molecular weight excluding hydrogens is 896 g/mol.